The minimum Gasteiger partial charge on any atom is -0.310 e. The van der Waals surface area contributed by atoms with Crippen LogP contribution in [-0.2, 0) is 0 Å². The number of pyridine rings is 2. The summed E-state index contributed by atoms with van der Waals surface area (Å²) >= 11 is 0. The maximum absolute atomic E-state index is 9.16. The van der Waals surface area contributed by atoms with Gasteiger partial charge in [0.05, 0.1) is 36.5 Å². The molecule has 0 saturated carbocycles. The standard InChI is InChI=1S/C62H44N6/c1-5-19-47(20-6-1)59-61(65-41-15-13-31-57(65)63-59)49-23-17-29-55(43-49)67(51-25-9-3-10-26-51)53-37-33-45(34-38-53)46-35-39-54(40-36-46)68(52-27-11-4-12-28-52)56-30-18-24-50(44-56)62-60(48-21-7-2-8-22-48)64-58-32-14-16-42-66(58)62/h1-44H/i3D,4D,9D,10D,11D,12D,25D,26D,27D,28D. The van der Waals surface area contributed by atoms with Crippen molar-refractivity contribution in [2.45, 2.75) is 0 Å². The zero-order valence-electron chi connectivity index (χ0n) is 46.3. The van der Waals surface area contributed by atoms with Gasteiger partial charge in [0, 0.05) is 68.8 Å². The topological polar surface area (TPSA) is 41.1 Å². The van der Waals surface area contributed by atoms with Crippen LogP contribution in [0.15, 0.2) is 267 Å². The van der Waals surface area contributed by atoms with E-state index in [0.29, 0.717) is 22.7 Å². The number of aromatic nitrogens is 4. The molecule has 6 nitrogen and oxygen atoms in total. The summed E-state index contributed by atoms with van der Waals surface area (Å²) in [4.78, 5) is 13.4. The molecule has 0 fully saturated rings. The van der Waals surface area contributed by atoms with Crippen molar-refractivity contribution in [1.82, 2.24) is 18.8 Å². The maximum atomic E-state index is 9.16. The third-order valence-corrected chi connectivity index (χ3v) is 11.9. The summed E-state index contributed by atoms with van der Waals surface area (Å²) in [7, 11) is 0. The molecule has 0 aliphatic heterocycles. The molecule has 0 radical (unpaired) electrons. The van der Waals surface area contributed by atoms with Crippen molar-refractivity contribution in [3.63, 3.8) is 0 Å². The zero-order valence-corrected chi connectivity index (χ0v) is 36.3. The second-order valence-electron chi connectivity index (χ2n) is 16.0. The summed E-state index contributed by atoms with van der Waals surface area (Å²) in [5.74, 6) is 0. The lowest BCUT2D eigenvalue weighted by atomic mass is 10.0. The average Bonchev–Trinajstić information content (AvgIpc) is 4.19. The molecule has 0 N–H and O–H groups in total. The molecule has 12 rings (SSSR count). The molecule has 0 atom stereocenters. The molecule has 0 aliphatic rings. The molecule has 0 saturated heterocycles. The molecule has 322 valence electrons. The van der Waals surface area contributed by atoms with E-state index >= 15 is 0 Å². The van der Waals surface area contributed by atoms with Gasteiger partial charge < -0.3 is 9.80 Å². The van der Waals surface area contributed by atoms with Crippen LogP contribution >= 0.6 is 0 Å². The van der Waals surface area contributed by atoms with E-state index in [4.69, 9.17) is 23.7 Å². The number of imidazole rings is 2. The van der Waals surface area contributed by atoms with Crippen LogP contribution in [0.25, 0.3) is 67.5 Å². The van der Waals surface area contributed by atoms with Gasteiger partial charge in [-0.2, -0.15) is 0 Å². The molecule has 4 heterocycles. The van der Waals surface area contributed by atoms with Crippen LogP contribution in [-0.4, -0.2) is 18.8 Å². The van der Waals surface area contributed by atoms with Gasteiger partial charge in [-0.15, -0.1) is 0 Å². The van der Waals surface area contributed by atoms with Crippen molar-refractivity contribution in [3.05, 3.63) is 267 Å². The van der Waals surface area contributed by atoms with E-state index < -0.39 is 36.3 Å². The summed E-state index contributed by atoms with van der Waals surface area (Å²) in [6, 6.07) is 57.3. The maximum Gasteiger partial charge on any atom is 0.137 e. The van der Waals surface area contributed by atoms with Crippen molar-refractivity contribution in [1.29, 1.82) is 0 Å². The predicted molar refractivity (Wildman–Crippen MR) is 280 cm³/mol. The SMILES string of the molecule is [2H]c1c([2H])c([2H])c(N(c2ccc(-c3ccc(N(c4cccc(-c5c(-c6ccccc6)nc6ccccn56)c4)c4c([2H])c([2H])c([2H])c([2H])c4[2H])cc3)cc2)c2cccc(-c3c(-c4ccccc4)nc4ccccn34)c2)c([2H])c1[2H]. The van der Waals surface area contributed by atoms with Gasteiger partial charge >= 0.3 is 0 Å². The molecule has 0 unspecified atom stereocenters. The fourth-order valence-electron chi connectivity index (χ4n) is 8.85. The lowest BCUT2D eigenvalue weighted by Crippen LogP contribution is -2.10. The summed E-state index contributed by atoms with van der Waals surface area (Å²) in [6.45, 7) is 0. The van der Waals surface area contributed by atoms with Crippen LogP contribution in [0.4, 0.5) is 34.1 Å². The Balaban J connectivity index is 0.957. The number of hydrogen-bond acceptors (Lipinski definition) is 4. The highest BCUT2D eigenvalue weighted by Crippen LogP contribution is 2.42. The van der Waals surface area contributed by atoms with Gasteiger partial charge in [0.15, 0.2) is 0 Å². The molecule has 12 aromatic rings. The Kier molecular flexibility index (Phi) is 7.98. The highest BCUT2D eigenvalue weighted by Gasteiger charge is 2.21. The van der Waals surface area contributed by atoms with E-state index in [2.05, 4.69) is 0 Å². The van der Waals surface area contributed by atoms with Gasteiger partial charge in [0.2, 0.25) is 0 Å². The fraction of sp³-hybridized carbons (Fsp3) is 0. The fourth-order valence-corrected chi connectivity index (χ4v) is 8.85. The molecule has 68 heavy (non-hydrogen) atoms. The van der Waals surface area contributed by atoms with Gasteiger partial charge in [0.1, 0.15) is 11.3 Å². The van der Waals surface area contributed by atoms with Gasteiger partial charge in [-0.3, -0.25) is 8.80 Å². The molecular formula is C62H44N6. The molecule has 0 bridgehead atoms. The third-order valence-electron chi connectivity index (χ3n) is 11.9. The Hall–Kier alpha value is -9.26. The van der Waals surface area contributed by atoms with Crippen molar-refractivity contribution in [2.75, 3.05) is 9.80 Å². The molecule has 8 aromatic carbocycles. The molecule has 4 aromatic heterocycles. The van der Waals surface area contributed by atoms with Crippen LogP contribution in [0.3, 0.4) is 0 Å². The average molecular weight is 883 g/mol. The van der Waals surface area contributed by atoms with Crippen molar-refractivity contribution in [3.8, 4) is 56.2 Å². The Morgan fingerprint density at radius 2 is 0.691 bits per heavy atom. The summed E-state index contributed by atoms with van der Waals surface area (Å²) in [5, 5.41) is 0. The predicted octanol–water partition coefficient (Wildman–Crippen LogP) is 16.3. The number of anilines is 6. The van der Waals surface area contributed by atoms with Crippen LogP contribution < -0.4 is 9.80 Å². The van der Waals surface area contributed by atoms with Gasteiger partial charge in [-0.25, -0.2) is 9.97 Å². The van der Waals surface area contributed by atoms with E-state index in [1.54, 1.807) is 9.80 Å². The van der Waals surface area contributed by atoms with Gasteiger partial charge in [0.25, 0.3) is 0 Å². The Bertz CT molecular complexity index is 3950. The first-order chi connectivity index (χ1) is 37.9. The first-order valence-corrected chi connectivity index (χ1v) is 22.1. The van der Waals surface area contributed by atoms with Crippen LogP contribution in [0.5, 0.6) is 0 Å². The minimum absolute atomic E-state index is 0.0220. The molecule has 6 heteroatoms. The van der Waals surface area contributed by atoms with Crippen molar-refractivity contribution in [2.24, 2.45) is 0 Å². The van der Waals surface area contributed by atoms with Gasteiger partial charge in [-0.05, 0) is 108 Å². The first-order valence-electron chi connectivity index (χ1n) is 27.1. The monoisotopic (exact) mass is 882 g/mol. The first kappa shape index (κ1) is 30.8. The molecule has 0 amide bonds. The van der Waals surface area contributed by atoms with Crippen LogP contribution in [0.2, 0.25) is 0 Å². The quantitative estimate of drug-likeness (QED) is 0.130. The van der Waals surface area contributed by atoms with Crippen LogP contribution in [0.1, 0.15) is 13.7 Å². The summed E-state index contributed by atoms with van der Waals surface area (Å²) < 4.78 is 92.3. The van der Waals surface area contributed by atoms with E-state index in [1.165, 1.54) is 0 Å². The molecule has 0 aliphatic carbocycles. The van der Waals surface area contributed by atoms with E-state index in [0.717, 1.165) is 67.5 Å². The number of rotatable bonds is 11. The lowest BCUT2D eigenvalue weighted by molar-refractivity contribution is 1.19. The highest BCUT2D eigenvalue weighted by molar-refractivity contribution is 5.88. The summed E-state index contributed by atoms with van der Waals surface area (Å²) in [6.07, 6.45) is 3.90. The van der Waals surface area contributed by atoms with E-state index in [9.17, 15) is 0 Å². The Morgan fingerprint density at radius 1 is 0.309 bits per heavy atom. The second-order valence-corrected chi connectivity index (χ2v) is 16.0. The number of para-hydroxylation sites is 2. The number of hydrogen-bond donors (Lipinski definition) is 0. The van der Waals surface area contributed by atoms with E-state index in [-0.39, 0.29) is 35.5 Å². The number of nitrogens with zero attached hydrogens (tertiary/aromatic N) is 6. The second kappa shape index (κ2) is 17.6. The lowest BCUT2D eigenvalue weighted by Gasteiger charge is -2.27. The Morgan fingerprint density at radius 3 is 1.10 bits per heavy atom. The third kappa shape index (κ3) is 7.56. The van der Waals surface area contributed by atoms with Crippen molar-refractivity contribution < 1.29 is 13.7 Å². The normalized spacial score (nSPS) is 13.3. The highest BCUT2D eigenvalue weighted by atomic mass is 15.1. The molecule has 0 spiro atoms. The summed E-state index contributed by atoms with van der Waals surface area (Å²) in [5.41, 5.74) is 11.7. The number of benzene rings is 8. The number of fused-ring (bicyclic) bond motifs is 2. The minimum atomic E-state index is -0.499. The Labute approximate surface area is 409 Å². The van der Waals surface area contributed by atoms with Crippen molar-refractivity contribution >= 4 is 45.4 Å². The van der Waals surface area contributed by atoms with Crippen LogP contribution in [0, 0.1) is 0 Å². The molecular weight excluding hydrogens is 829 g/mol. The smallest absolute Gasteiger partial charge is 0.137 e. The van der Waals surface area contributed by atoms with Gasteiger partial charge in [-0.1, -0.05) is 158 Å². The zero-order chi connectivity index (χ0) is 53.9. The largest absolute Gasteiger partial charge is 0.310 e. The van der Waals surface area contributed by atoms with E-state index in [1.807, 2.05) is 215 Å².